The first kappa shape index (κ1) is 17.6. The fourth-order valence-electron chi connectivity index (χ4n) is 1.80. The molecule has 0 aromatic heterocycles. The molecule has 0 saturated carbocycles. The van der Waals surface area contributed by atoms with Crippen LogP contribution >= 0.6 is 15.9 Å². The van der Waals surface area contributed by atoms with Gasteiger partial charge in [-0.25, -0.2) is 0 Å². The first-order chi connectivity index (χ1) is 10.1. The molecule has 1 rings (SSSR count). The van der Waals surface area contributed by atoms with Crippen LogP contribution in [0.1, 0.15) is 16.8 Å². The van der Waals surface area contributed by atoms with Gasteiger partial charge in [0.25, 0.3) is 5.91 Å². The number of nitrogens with one attached hydrogen (secondary N) is 1. The number of carbonyl (C=O) groups excluding carboxylic acids is 1. The third-order valence-electron chi connectivity index (χ3n) is 2.82. The summed E-state index contributed by atoms with van der Waals surface area (Å²) < 4.78 is 21.3. The van der Waals surface area contributed by atoms with Crippen LogP contribution in [0.3, 0.4) is 0 Å². The lowest BCUT2D eigenvalue weighted by Crippen LogP contribution is -2.25. The standard InChI is InChI=1S/C14H20BrNO5/c1-18-7-5-6-16-14(17)9-8-10(19-2)12(20-3)13(21-4)11(9)15/h8H,5-7H2,1-4H3,(H,16,17). The number of hydrogen-bond donors (Lipinski definition) is 1. The van der Waals surface area contributed by atoms with Crippen LogP contribution in [0.25, 0.3) is 0 Å². The van der Waals surface area contributed by atoms with Gasteiger partial charge in [0, 0.05) is 20.3 Å². The number of amides is 1. The molecule has 0 saturated heterocycles. The fourth-order valence-corrected chi connectivity index (χ4v) is 2.44. The van der Waals surface area contributed by atoms with Gasteiger partial charge < -0.3 is 24.3 Å². The van der Waals surface area contributed by atoms with Crippen LogP contribution in [0.5, 0.6) is 17.2 Å². The number of benzene rings is 1. The smallest absolute Gasteiger partial charge is 0.252 e. The minimum Gasteiger partial charge on any atom is -0.493 e. The summed E-state index contributed by atoms with van der Waals surface area (Å²) in [6, 6.07) is 1.61. The summed E-state index contributed by atoms with van der Waals surface area (Å²) in [6.07, 6.45) is 0.740. The number of methoxy groups -OCH3 is 4. The Bertz CT molecular complexity index is 493. The molecule has 7 heteroatoms. The van der Waals surface area contributed by atoms with Crippen molar-refractivity contribution in [3.8, 4) is 17.2 Å². The molecule has 118 valence electrons. The molecule has 0 spiro atoms. The van der Waals surface area contributed by atoms with E-state index >= 15 is 0 Å². The Morgan fingerprint density at radius 1 is 1.14 bits per heavy atom. The highest BCUT2D eigenvalue weighted by molar-refractivity contribution is 9.10. The Hall–Kier alpha value is -1.47. The van der Waals surface area contributed by atoms with E-state index in [1.165, 1.54) is 21.3 Å². The van der Waals surface area contributed by atoms with Gasteiger partial charge in [-0.1, -0.05) is 0 Å². The van der Waals surface area contributed by atoms with E-state index in [2.05, 4.69) is 21.2 Å². The topological polar surface area (TPSA) is 66.0 Å². The molecule has 0 bridgehead atoms. The van der Waals surface area contributed by atoms with Crippen LogP contribution in [0.15, 0.2) is 10.5 Å². The monoisotopic (exact) mass is 361 g/mol. The van der Waals surface area contributed by atoms with Crippen LogP contribution in [0.4, 0.5) is 0 Å². The molecule has 0 heterocycles. The zero-order chi connectivity index (χ0) is 15.8. The highest BCUT2D eigenvalue weighted by Crippen LogP contribution is 2.44. The lowest BCUT2D eigenvalue weighted by atomic mass is 10.1. The molecule has 1 N–H and O–H groups in total. The molecule has 0 unspecified atom stereocenters. The Balaban J connectivity index is 3.04. The molecule has 1 amide bonds. The van der Waals surface area contributed by atoms with Crippen LogP contribution in [-0.4, -0.2) is 47.5 Å². The van der Waals surface area contributed by atoms with Crippen LogP contribution in [0, 0.1) is 0 Å². The highest BCUT2D eigenvalue weighted by atomic mass is 79.9. The van der Waals surface area contributed by atoms with Crippen molar-refractivity contribution in [3.05, 3.63) is 16.1 Å². The Kier molecular flexibility index (Phi) is 7.31. The molecule has 0 fully saturated rings. The summed E-state index contributed by atoms with van der Waals surface area (Å²) in [5, 5.41) is 2.81. The van der Waals surface area contributed by atoms with Crippen molar-refractivity contribution in [2.75, 3.05) is 41.6 Å². The molecular weight excluding hydrogens is 342 g/mol. The molecule has 0 atom stereocenters. The second kappa shape index (κ2) is 8.74. The summed E-state index contributed by atoms with van der Waals surface area (Å²) in [6.45, 7) is 1.12. The van der Waals surface area contributed by atoms with E-state index in [-0.39, 0.29) is 5.91 Å². The third-order valence-corrected chi connectivity index (χ3v) is 3.61. The minimum atomic E-state index is -0.225. The molecule has 0 aliphatic rings. The highest BCUT2D eigenvalue weighted by Gasteiger charge is 2.22. The molecule has 0 radical (unpaired) electrons. The van der Waals surface area contributed by atoms with E-state index in [9.17, 15) is 4.79 Å². The van der Waals surface area contributed by atoms with Gasteiger partial charge in [-0.3, -0.25) is 4.79 Å². The molecule has 0 aliphatic heterocycles. The van der Waals surface area contributed by atoms with Crippen LogP contribution < -0.4 is 19.5 Å². The van der Waals surface area contributed by atoms with E-state index in [0.717, 1.165) is 6.42 Å². The van der Waals surface area contributed by atoms with Crippen molar-refractivity contribution >= 4 is 21.8 Å². The van der Waals surface area contributed by atoms with Gasteiger partial charge in [0.1, 0.15) is 0 Å². The van der Waals surface area contributed by atoms with Crippen molar-refractivity contribution < 1.29 is 23.7 Å². The molecule has 0 aliphatic carbocycles. The molecule has 1 aromatic carbocycles. The average molecular weight is 362 g/mol. The number of ether oxygens (including phenoxy) is 4. The van der Waals surface area contributed by atoms with Crippen LogP contribution in [0.2, 0.25) is 0 Å². The van der Waals surface area contributed by atoms with Gasteiger partial charge in [-0.2, -0.15) is 0 Å². The van der Waals surface area contributed by atoms with E-state index in [4.69, 9.17) is 18.9 Å². The second-order valence-electron chi connectivity index (χ2n) is 4.11. The summed E-state index contributed by atoms with van der Waals surface area (Å²) in [4.78, 5) is 12.2. The Labute approximate surface area is 132 Å². The Morgan fingerprint density at radius 2 is 1.81 bits per heavy atom. The van der Waals surface area contributed by atoms with Crippen molar-refractivity contribution in [2.24, 2.45) is 0 Å². The summed E-state index contributed by atoms with van der Waals surface area (Å²) in [5.41, 5.74) is 0.418. The number of hydrogen-bond acceptors (Lipinski definition) is 5. The lowest BCUT2D eigenvalue weighted by Gasteiger charge is -2.16. The predicted molar refractivity (Wildman–Crippen MR) is 82.6 cm³/mol. The zero-order valence-electron chi connectivity index (χ0n) is 12.6. The van der Waals surface area contributed by atoms with Gasteiger partial charge in [0.15, 0.2) is 11.5 Å². The molecule has 6 nitrogen and oxygen atoms in total. The first-order valence-electron chi connectivity index (χ1n) is 6.36. The van der Waals surface area contributed by atoms with Crippen molar-refractivity contribution in [3.63, 3.8) is 0 Å². The maximum atomic E-state index is 12.2. The SMILES string of the molecule is COCCCNC(=O)c1cc(OC)c(OC)c(OC)c1Br. The second-order valence-corrected chi connectivity index (χ2v) is 4.90. The predicted octanol–water partition coefficient (Wildman–Crippen LogP) is 2.24. The fraction of sp³-hybridized carbons (Fsp3) is 0.500. The van der Waals surface area contributed by atoms with Gasteiger partial charge in [0.05, 0.1) is 31.4 Å². The summed E-state index contributed by atoms with van der Waals surface area (Å²) in [5.74, 6) is 1.05. The molecule has 1 aromatic rings. The van der Waals surface area contributed by atoms with Gasteiger partial charge in [0.2, 0.25) is 5.75 Å². The van der Waals surface area contributed by atoms with E-state index in [1.807, 2.05) is 0 Å². The van der Waals surface area contributed by atoms with Crippen molar-refractivity contribution in [1.29, 1.82) is 0 Å². The zero-order valence-corrected chi connectivity index (χ0v) is 14.2. The van der Waals surface area contributed by atoms with Gasteiger partial charge in [-0.05, 0) is 28.4 Å². The number of carbonyl (C=O) groups is 1. The molecular formula is C14H20BrNO5. The van der Waals surface area contributed by atoms with Gasteiger partial charge >= 0.3 is 0 Å². The van der Waals surface area contributed by atoms with Crippen molar-refractivity contribution in [1.82, 2.24) is 5.32 Å². The van der Waals surface area contributed by atoms with E-state index < -0.39 is 0 Å². The minimum absolute atomic E-state index is 0.225. The lowest BCUT2D eigenvalue weighted by molar-refractivity contribution is 0.0947. The number of rotatable bonds is 8. The van der Waals surface area contributed by atoms with Gasteiger partial charge in [-0.15, -0.1) is 0 Å². The van der Waals surface area contributed by atoms with E-state index in [0.29, 0.717) is 40.4 Å². The summed E-state index contributed by atoms with van der Waals surface area (Å²) in [7, 11) is 6.14. The largest absolute Gasteiger partial charge is 0.493 e. The normalized spacial score (nSPS) is 10.1. The first-order valence-corrected chi connectivity index (χ1v) is 7.15. The third kappa shape index (κ3) is 4.25. The quantitative estimate of drug-likeness (QED) is 0.719. The molecule has 21 heavy (non-hydrogen) atoms. The van der Waals surface area contributed by atoms with E-state index in [1.54, 1.807) is 13.2 Å². The average Bonchev–Trinajstić information content (AvgIpc) is 2.50. The summed E-state index contributed by atoms with van der Waals surface area (Å²) >= 11 is 3.37. The number of halogens is 1. The maximum absolute atomic E-state index is 12.2. The maximum Gasteiger partial charge on any atom is 0.252 e. The van der Waals surface area contributed by atoms with Crippen LogP contribution in [-0.2, 0) is 4.74 Å². The Morgan fingerprint density at radius 3 is 2.33 bits per heavy atom. The van der Waals surface area contributed by atoms with Crippen molar-refractivity contribution in [2.45, 2.75) is 6.42 Å².